The molecule has 32 heavy (non-hydrogen) atoms. The van der Waals surface area contributed by atoms with Crippen LogP contribution in [0.4, 0.5) is 0 Å². The number of nitrogens with two attached hydrogens (primary N) is 1. The van der Waals surface area contributed by atoms with Gasteiger partial charge in [0.1, 0.15) is 29.6 Å². The SMILES string of the molecule is CCOC(=O)CC1=C(C(=O)OCC)[C@H](c2cc(OC)c(OC)cc2OC)C(C#N)=C(N)O1. The van der Waals surface area contributed by atoms with Crippen molar-refractivity contribution in [1.29, 1.82) is 5.26 Å². The standard InChI is InChI=1S/C22H26N2O8/c1-6-30-18(25)10-17-20(22(26)31-7-2)19(13(11-23)21(24)32-17)12-8-15(28-4)16(29-5)9-14(12)27-3/h8-9,19H,6-7,10,24H2,1-5H3/t19-/m1/s1. The lowest BCUT2D eigenvalue weighted by Gasteiger charge is -2.29. The van der Waals surface area contributed by atoms with Crippen LogP contribution >= 0.6 is 0 Å². The first-order valence-corrected chi connectivity index (χ1v) is 9.79. The third-order valence-corrected chi connectivity index (χ3v) is 4.65. The number of hydrogen-bond donors (Lipinski definition) is 1. The van der Waals surface area contributed by atoms with Crippen molar-refractivity contribution in [2.24, 2.45) is 5.73 Å². The highest BCUT2D eigenvalue weighted by molar-refractivity contribution is 5.94. The molecule has 0 spiro atoms. The Morgan fingerprint density at radius 2 is 1.62 bits per heavy atom. The molecule has 0 aliphatic carbocycles. The van der Waals surface area contributed by atoms with E-state index in [1.165, 1.54) is 21.3 Å². The monoisotopic (exact) mass is 446 g/mol. The van der Waals surface area contributed by atoms with Gasteiger partial charge in [0.15, 0.2) is 11.5 Å². The van der Waals surface area contributed by atoms with Gasteiger partial charge in [-0.1, -0.05) is 0 Å². The van der Waals surface area contributed by atoms with Gasteiger partial charge >= 0.3 is 11.9 Å². The Labute approximate surface area is 186 Å². The van der Waals surface area contributed by atoms with Gasteiger partial charge in [0.2, 0.25) is 5.88 Å². The third-order valence-electron chi connectivity index (χ3n) is 4.65. The molecule has 1 atom stereocenters. The van der Waals surface area contributed by atoms with Gasteiger partial charge in [-0.25, -0.2) is 4.79 Å². The average molecular weight is 446 g/mol. The number of allylic oxidation sites excluding steroid dienone is 1. The van der Waals surface area contributed by atoms with Crippen LogP contribution in [0.15, 0.2) is 34.9 Å². The fraction of sp³-hybridized carbons (Fsp3) is 0.409. The average Bonchev–Trinajstić information content (AvgIpc) is 2.77. The minimum Gasteiger partial charge on any atom is -0.496 e. The number of carbonyl (C=O) groups excluding carboxylic acids is 2. The molecule has 0 aromatic heterocycles. The van der Waals surface area contributed by atoms with E-state index in [-0.39, 0.29) is 42.4 Å². The van der Waals surface area contributed by atoms with E-state index in [4.69, 9.17) is 34.2 Å². The first-order chi connectivity index (χ1) is 15.4. The molecule has 1 aliphatic heterocycles. The van der Waals surface area contributed by atoms with Crippen LogP contribution in [0.5, 0.6) is 17.2 Å². The fourth-order valence-corrected chi connectivity index (χ4v) is 3.31. The molecule has 1 aliphatic rings. The number of ether oxygens (including phenoxy) is 6. The summed E-state index contributed by atoms with van der Waals surface area (Å²) in [6.45, 7) is 3.49. The van der Waals surface area contributed by atoms with Gasteiger partial charge in [-0.05, 0) is 19.9 Å². The molecular formula is C22H26N2O8. The molecule has 0 amide bonds. The van der Waals surface area contributed by atoms with E-state index in [2.05, 4.69) is 0 Å². The highest BCUT2D eigenvalue weighted by Gasteiger charge is 2.40. The van der Waals surface area contributed by atoms with Crippen molar-refractivity contribution in [2.75, 3.05) is 34.5 Å². The van der Waals surface area contributed by atoms with Gasteiger partial charge in [0.25, 0.3) is 0 Å². The largest absolute Gasteiger partial charge is 0.496 e. The minimum absolute atomic E-state index is 0.0498. The molecule has 172 valence electrons. The van der Waals surface area contributed by atoms with E-state index in [0.29, 0.717) is 22.8 Å². The number of methoxy groups -OCH3 is 3. The Morgan fingerprint density at radius 3 is 2.16 bits per heavy atom. The van der Waals surface area contributed by atoms with E-state index in [0.717, 1.165) is 0 Å². The van der Waals surface area contributed by atoms with Crippen LogP contribution in [0, 0.1) is 11.3 Å². The van der Waals surface area contributed by atoms with Crippen molar-refractivity contribution >= 4 is 11.9 Å². The molecule has 1 aromatic carbocycles. The first-order valence-electron chi connectivity index (χ1n) is 9.79. The van der Waals surface area contributed by atoms with Crippen LogP contribution in [-0.4, -0.2) is 46.5 Å². The maximum absolute atomic E-state index is 13.0. The second-order valence-electron chi connectivity index (χ2n) is 6.41. The Morgan fingerprint density at radius 1 is 1.03 bits per heavy atom. The Kier molecular flexibility index (Phi) is 8.35. The zero-order valence-corrected chi connectivity index (χ0v) is 18.6. The Bertz CT molecular complexity index is 990. The van der Waals surface area contributed by atoms with Crippen LogP contribution in [0.1, 0.15) is 31.7 Å². The highest BCUT2D eigenvalue weighted by atomic mass is 16.5. The van der Waals surface area contributed by atoms with Crippen molar-refractivity contribution in [3.8, 4) is 23.3 Å². The number of benzene rings is 1. The predicted octanol–water partition coefficient (Wildman–Crippen LogP) is 2.29. The summed E-state index contributed by atoms with van der Waals surface area (Å²) in [4.78, 5) is 25.2. The molecule has 2 N–H and O–H groups in total. The summed E-state index contributed by atoms with van der Waals surface area (Å²) in [5.74, 6) is -1.75. The normalized spacial score (nSPS) is 15.4. The quantitative estimate of drug-likeness (QED) is 0.562. The van der Waals surface area contributed by atoms with E-state index in [9.17, 15) is 14.9 Å². The van der Waals surface area contributed by atoms with Crippen LogP contribution in [0.3, 0.4) is 0 Å². The van der Waals surface area contributed by atoms with Gasteiger partial charge in [0, 0.05) is 11.6 Å². The summed E-state index contributed by atoms with van der Waals surface area (Å²) in [5.41, 5.74) is 6.28. The van der Waals surface area contributed by atoms with Gasteiger partial charge in [0.05, 0.1) is 46.0 Å². The summed E-state index contributed by atoms with van der Waals surface area (Å²) in [7, 11) is 4.34. The van der Waals surface area contributed by atoms with E-state index in [1.807, 2.05) is 6.07 Å². The molecule has 0 unspecified atom stereocenters. The second kappa shape index (κ2) is 10.9. The van der Waals surface area contributed by atoms with Crippen LogP contribution in [0.25, 0.3) is 0 Å². The fourth-order valence-electron chi connectivity index (χ4n) is 3.31. The maximum atomic E-state index is 13.0. The molecule has 1 aromatic rings. The van der Waals surface area contributed by atoms with Crippen LogP contribution in [0.2, 0.25) is 0 Å². The lowest BCUT2D eigenvalue weighted by Crippen LogP contribution is -2.27. The smallest absolute Gasteiger partial charge is 0.338 e. The molecule has 1 heterocycles. The molecule has 2 rings (SSSR count). The van der Waals surface area contributed by atoms with Crippen molar-refractivity contribution in [3.05, 3.63) is 40.5 Å². The van der Waals surface area contributed by atoms with Crippen molar-refractivity contribution in [2.45, 2.75) is 26.2 Å². The molecule has 10 heteroatoms. The predicted molar refractivity (Wildman–Crippen MR) is 112 cm³/mol. The lowest BCUT2D eigenvalue weighted by molar-refractivity contribution is -0.143. The van der Waals surface area contributed by atoms with E-state index in [1.54, 1.807) is 26.0 Å². The van der Waals surface area contributed by atoms with Gasteiger partial charge in [-0.2, -0.15) is 5.26 Å². The number of rotatable bonds is 9. The third kappa shape index (κ3) is 4.88. The molecule has 0 saturated carbocycles. The Hall–Kier alpha value is -3.87. The zero-order chi connectivity index (χ0) is 23.8. The molecule has 0 bridgehead atoms. The van der Waals surface area contributed by atoms with Crippen LogP contribution in [-0.2, 0) is 23.8 Å². The summed E-state index contributed by atoms with van der Waals surface area (Å²) in [6.07, 6.45) is -0.381. The molecule has 0 fully saturated rings. The van der Waals surface area contributed by atoms with Crippen molar-refractivity contribution in [3.63, 3.8) is 0 Å². The number of nitrogens with zero attached hydrogens (tertiary/aromatic N) is 1. The van der Waals surface area contributed by atoms with Crippen LogP contribution < -0.4 is 19.9 Å². The van der Waals surface area contributed by atoms with E-state index < -0.39 is 17.9 Å². The molecule has 0 radical (unpaired) electrons. The van der Waals surface area contributed by atoms with Gasteiger partial charge in [-0.3, -0.25) is 4.79 Å². The molecular weight excluding hydrogens is 420 g/mol. The number of carbonyl (C=O) groups is 2. The van der Waals surface area contributed by atoms with Crippen molar-refractivity contribution < 1.29 is 38.0 Å². The molecule has 0 saturated heterocycles. The molecule has 10 nitrogen and oxygen atoms in total. The topological polar surface area (TPSA) is 139 Å². The summed E-state index contributed by atoms with van der Waals surface area (Å²) in [6, 6.07) is 5.12. The zero-order valence-electron chi connectivity index (χ0n) is 18.6. The number of nitriles is 1. The minimum atomic E-state index is -1.05. The number of esters is 2. The van der Waals surface area contributed by atoms with Crippen molar-refractivity contribution in [1.82, 2.24) is 0 Å². The summed E-state index contributed by atoms with van der Waals surface area (Å²) in [5, 5.41) is 9.83. The summed E-state index contributed by atoms with van der Waals surface area (Å²) < 4.78 is 31.9. The van der Waals surface area contributed by atoms with Gasteiger partial charge in [-0.15, -0.1) is 0 Å². The summed E-state index contributed by atoms with van der Waals surface area (Å²) >= 11 is 0. The first kappa shape index (κ1) is 24.4. The lowest BCUT2D eigenvalue weighted by atomic mass is 9.81. The van der Waals surface area contributed by atoms with E-state index >= 15 is 0 Å². The second-order valence-corrected chi connectivity index (χ2v) is 6.41. The maximum Gasteiger partial charge on any atom is 0.338 e. The highest BCUT2D eigenvalue weighted by Crippen LogP contribution is 2.47. The van der Waals surface area contributed by atoms with Gasteiger partial charge < -0.3 is 34.2 Å². The Balaban J connectivity index is 2.82. The number of hydrogen-bond acceptors (Lipinski definition) is 10.